The minimum absolute atomic E-state index is 0.405. The van der Waals surface area contributed by atoms with E-state index in [1.54, 1.807) is 13.1 Å². The van der Waals surface area contributed by atoms with E-state index in [1.165, 1.54) is 0 Å². The van der Waals surface area contributed by atoms with Crippen molar-refractivity contribution < 1.29 is 21.6 Å². The molecule has 0 amide bonds. The molecule has 0 fully saturated rings. The molecule has 0 spiro atoms. The van der Waals surface area contributed by atoms with Crippen molar-refractivity contribution in [3.05, 3.63) is 65.9 Å². The Hall–Kier alpha value is -2.32. The fourth-order valence-electron chi connectivity index (χ4n) is 2.84. The first kappa shape index (κ1) is 18.5. The average molecular weight is 382 g/mol. The number of hydrogen-bond donors (Lipinski definition) is 2. The van der Waals surface area contributed by atoms with Crippen molar-refractivity contribution in [1.82, 2.24) is 9.71 Å². The molecule has 2 aromatic carbocycles. The van der Waals surface area contributed by atoms with E-state index < -0.39 is 32.7 Å². The van der Waals surface area contributed by atoms with Gasteiger partial charge >= 0.3 is 6.18 Å². The summed E-state index contributed by atoms with van der Waals surface area (Å²) in [5.41, 5.74) is 0.875. The molecule has 1 atom stereocenters. The van der Waals surface area contributed by atoms with Crippen molar-refractivity contribution in [2.45, 2.75) is 30.5 Å². The zero-order valence-corrected chi connectivity index (χ0v) is 14.7. The van der Waals surface area contributed by atoms with Gasteiger partial charge in [0.15, 0.2) is 0 Å². The van der Waals surface area contributed by atoms with E-state index in [1.807, 2.05) is 24.3 Å². The van der Waals surface area contributed by atoms with Crippen molar-refractivity contribution in [3.8, 4) is 0 Å². The van der Waals surface area contributed by atoms with Crippen LogP contribution in [0.4, 0.5) is 13.2 Å². The van der Waals surface area contributed by atoms with Crippen LogP contribution in [-0.2, 0) is 22.6 Å². The van der Waals surface area contributed by atoms with Gasteiger partial charge in [0.1, 0.15) is 0 Å². The van der Waals surface area contributed by atoms with Crippen LogP contribution >= 0.6 is 0 Å². The van der Waals surface area contributed by atoms with Gasteiger partial charge in [0.2, 0.25) is 10.0 Å². The molecule has 1 unspecified atom stereocenters. The number of alkyl halides is 3. The standard InChI is InChI=1S/C18H17F3N2O2S/c1-12(9-13-11-22-17-8-3-2-7-16(13)17)23-26(24,25)15-6-4-5-14(10-15)18(19,20)21/h2-8,10-12,22-23H,9H2,1H3. The quantitative estimate of drug-likeness (QED) is 0.698. The van der Waals surface area contributed by atoms with Crippen molar-refractivity contribution in [3.63, 3.8) is 0 Å². The van der Waals surface area contributed by atoms with Crippen LogP contribution in [0.2, 0.25) is 0 Å². The maximum Gasteiger partial charge on any atom is 0.416 e. The number of sulfonamides is 1. The molecule has 26 heavy (non-hydrogen) atoms. The molecular weight excluding hydrogens is 365 g/mol. The Balaban J connectivity index is 1.79. The number of fused-ring (bicyclic) bond motifs is 1. The second kappa shape index (κ2) is 6.77. The highest BCUT2D eigenvalue weighted by atomic mass is 32.2. The number of halogens is 3. The first-order chi connectivity index (χ1) is 12.2. The fourth-order valence-corrected chi connectivity index (χ4v) is 4.13. The predicted octanol–water partition coefficient (Wildman–Crippen LogP) is 4.10. The summed E-state index contributed by atoms with van der Waals surface area (Å²) in [4.78, 5) is 2.71. The Bertz CT molecular complexity index is 1030. The monoisotopic (exact) mass is 382 g/mol. The highest BCUT2D eigenvalue weighted by Gasteiger charge is 2.31. The van der Waals surface area contributed by atoms with Crippen LogP contribution in [0.5, 0.6) is 0 Å². The Morgan fingerprint density at radius 2 is 1.85 bits per heavy atom. The molecule has 0 aliphatic heterocycles. The molecule has 0 saturated carbocycles. The molecule has 0 aliphatic carbocycles. The van der Waals surface area contributed by atoms with Gasteiger partial charge < -0.3 is 4.98 Å². The van der Waals surface area contributed by atoms with Gasteiger partial charge in [-0.05, 0) is 43.2 Å². The van der Waals surface area contributed by atoms with Gasteiger partial charge in [0.05, 0.1) is 10.5 Å². The summed E-state index contributed by atoms with van der Waals surface area (Å²) in [6.45, 7) is 1.67. The maximum absolute atomic E-state index is 12.8. The topological polar surface area (TPSA) is 62.0 Å². The number of rotatable bonds is 5. The van der Waals surface area contributed by atoms with Crippen LogP contribution in [0.3, 0.4) is 0 Å². The first-order valence-corrected chi connectivity index (χ1v) is 9.40. The molecule has 0 aliphatic rings. The van der Waals surface area contributed by atoms with E-state index in [-0.39, 0.29) is 0 Å². The molecule has 138 valence electrons. The lowest BCUT2D eigenvalue weighted by Gasteiger charge is -2.15. The highest BCUT2D eigenvalue weighted by Crippen LogP contribution is 2.30. The normalized spacial score (nSPS) is 13.8. The highest BCUT2D eigenvalue weighted by molar-refractivity contribution is 7.89. The SMILES string of the molecule is CC(Cc1c[nH]c2ccccc12)NS(=O)(=O)c1cccc(C(F)(F)F)c1. The predicted molar refractivity (Wildman–Crippen MR) is 93.2 cm³/mol. The van der Waals surface area contributed by atoms with Gasteiger partial charge in [-0.15, -0.1) is 0 Å². The lowest BCUT2D eigenvalue weighted by atomic mass is 10.1. The lowest BCUT2D eigenvalue weighted by Crippen LogP contribution is -2.34. The molecule has 3 rings (SSSR count). The summed E-state index contributed by atoms with van der Waals surface area (Å²) in [6.07, 6.45) is -2.39. The first-order valence-electron chi connectivity index (χ1n) is 7.91. The average Bonchev–Trinajstić information content (AvgIpc) is 2.97. The van der Waals surface area contributed by atoms with Gasteiger partial charge in [-0.2, -0.15) is 13.2 Å². The van der Waals surface area contributed by atoms with E-state index in [9.17, 15) is 21.6 Å². The van der Waals surface area contributed by atoms with Gasteiger partial charge in [-0.25, -0.2) is 13.1 Å². The maximum atomic E-state index is 12.8. The van der Waals surface area contributed by atoms with E-state index >= 15 is 0 Å². The third kappa shape index (κ3) is 3.91. The molecule has 1 heterocycles. The summed E-state index contributed by atoms with van der Waals surface area (Å²) in [5, 5.41) is 0.984. The fraction of sp³-hybridized carbons (Fsp3) is 0.222. The van der Waals surface area contributed by atoms with Crippen LogP contribution in [0.15, 0.2) is 59.6 Å². The number of aromatic nitrogens is 1. The zero-order valence-electron chi connectivity index (χ0n) is 13.8. The molecule has 0 radical (unpaired) electrons. The number of benzene rings is 2. The Morgan fingerprint density at radius 1 is 1.12 bits per heavy atom. The third-order valence-electron chi connectivity index (χ3n) is 4.03. The summed E-state index contributed by atoms with van der Waals surface area (Å²) >= 11 is 0. The molecule has 0 saturated heterocycles. The molecule has 2 N–H and O–H groups in total. The molecule has 3 aromatic rings. The number of aromatic amines is 1. The van der Waals surface area contributed by atoms with E-state index in [2.05, 4.69) is 9.71 Å². The minimum Gasteiger partial charge on any atom is -0.361 e. The van der Waals surface area contributed by atoms with Crippen LogP contribution < -0.4 is 4.72 Å². The second-order valence-corrected chi connectivity index (χ2v) is 7.83. The molecule has 4 nitrogen and oxygen atoms in total. The molecule has 0 bridgehead atoms. The summed E-state index contributed by atoms with van der Waals surface area (Å²) in [6, 6.07) is 10.8. The molecule has 8 heteroatoms. The van der Waals surface area contributed by atoms with E-state index in [0.717, 1.165) is 34.7 Å². The van der Waals surface area contributed by atoms with Crippen molar-refractivity contribution in [2.75, 3.05) is 0 Å². The largest absolute Gasteiger partial charge is 0.416 e. The number of hydrogen-bond acceptors (Lipinski definition) is 2. The summed E-state index contributed by atoms with van der Waals surface area (Å²) in [7, 11) is -4.06. The zero-order chi connectivity index (χ0) is 18.9. The van der Waals surface area contributed by atoms with Crippen molar-refractivity contribution in [2.24, 2.45) is 0 Å². The smallest absolute Gasteiger partial charge is 0.361 e. The lowest BCUT2D eigenvalue weighted by molar-refractivity contribution is -0.137. The van der Waals surface area contributed by atoms with Gasteiger partial charge in [-0.3, -0.25) is 0 Å². The van der Waals surface area contributed by atoms with Crippen molar-refractivity contribution in [1.29, 1.82) is 0 Å². The van der Waals surface area contributed by atoms with Crippen molar-refractivity contribution >= 4 is 20.9 Å². The molecule has 1 aromatic heterocycles. The van der Waals surface area contributed by atoms with Gasteiger partial charge in [-0.1, -0.05) is 24.3 Å². The minimum atomic E-state index is -4.60. The Morgan fingerprint density at radius 3 is 2.58 bits per heavy atom. The summed E-state index contributed by atoms with van der Waals surface area (Å²) in [5.74, 6) is 0. The number of H-pyrrole nitrogens is 1. The van der Waals surface area contributed by atoms with Crippen LogP contribution in [-0.4, -0.2) is 19.4 Å². The van der Waals surface area contributed by atoms with Gasteiger partial charge in [0.25, 0.3) is 0 Å². The van der Waals surface area contributed by atoms with Crippen LogP contribution in [0.25, 0.3) is 10.9 Å². The number of nitrogens with one attached hydrogen (secondary N) is 2. The Labute approximate surface area is 149 Å². The second-order valence-electron chi connectivity index (χ2n) is 6.11. The van der Waals surface area contributed by atoms with E-state index in [4.69, 9.17) is 0 Å². The third-order valence-corrected chi connectivity index (χ3v) is 5.62. The summed E-state index contributed by atoms with van der Waals surface area (Å²) < 4.78 is 65.7. The van der Waals surface area contributed by atoms with Gasteiger partial charge in [0, 0.05) is 23.1 Å². The Kier molecular flexibility index (Phi) is 4.81. The van der Waals surface area contributed by atoms with E-state index in [0.29, 0.717) is 12.5 Å². The van der Waals surface area contributed by atoms with Crippen LogP contribution in [0, 0.1) is 0 Å². The van der Waals surface area contributed by atoms with Crippen LogP contribution in [0.1, 0.15) is 18.1 Å². The number of para-hydroxylation sites is 1. The molecular formula is C18H17F3N2O2S.